The van der Waals surface area contributed by atoms with Crippen LogP contribution >= 0.6 is 0 Å². The number of rotatable bonds is 4. The Labute approximate surface area is 243 Å². The van der Waals surface area contributed by atoms with Crippen LogP contribution in [0.4, 0.5) is 29.1 Å². The fourth-order valence-electron chi connectivity index (χ4n) is 5.25. The number of benzene rings is 2. The molecule has 14 heteroatoms. The summed E-state index contributed by atoms with van der Waals surface area (Å²) < 4.78 is 63.1. The zero-order valence-corrected chi connectivity index (χ0v) is 24.1. The first-order valence-corrected chi connectivity index (χ1v) is 13.7. The van der Waals surface area contributed by atoms with Crippen molar-refractivity contribution in [3.05, 3.63) is 63.8 Å². The summed E-state index contributed by atoms with van der Waals surface area (Å²) in [5, 5.41) is 1.99. The third kappa shape index (κ3) is 5.30. The quantitative estimate of drug-likeness (QED) is 0.287. The van der Waals surface area contributed by atoms with Gasteiger partial charge in [-0.25, -0.2) is 9.18 Å². The van der Waals surface area contributed by atoms with Crippen molar-refractivity contribution >= 4 is 51.9 Å². The largest absolute Gasteiger partial charge is 0.403 e. The Morgan fingerprint density at radius 1 is 1.12 bits per heavy atom. The van der Waals surface area contributed by atoms with E-state index in [1.54, 1.807) is 35.2 Å². The number of carbonyl (C=O) groups excluding carboxylic acids is 1. The molecule has 0 spiro atoms. The van der Waals surface area contributed by atoms with Gasteiger partial charge in [-0.05, 0) is 56.2 Å². The van der Waals surface area contributed by atoms with E-state index in [0.717, 1.165) is 0 Å². The van der Waals surface area contributed by atoms with E-state index < -0.39 is 39.8 Å². The number of carbonyl (C=O) groups is 1. The third-order valence-corrected chi connectivity index (χ3v) is 7.59. The highest BCUT2D eigenvalue weighted by molar-refractivity contribution is 6.56. The molecule has 2 heterocycles. The molecule has 1 N–H and O–H groups in total. The minimum absolute atomic E-state index is 0.153. The van der Waals surface area contributed by atoms with Crippen LogP contribution in [-0.4, -0.2) is 63.9 Å². The fourth-order valence-corrected chi connectivity index (χ4v) is 5.25. The molecule has 1 saturated carbocycles. The molecule has 1 fully saturated rings. The van der Waals surface area contributed by atoms with Gasteiger partial charge in [0.25, 0.3) is 0 Å². The average Bonchev–Trinajstić information content (AvgIpc) is 3.71. The third-order valence-electron chi connectivity index (χ3n) is 7.59. The van der Waals surface area contributed by atoms with E-state index in [2.05, 4.69) is 22.1 Å². The molecule has 1 amide bonds. The molecule has 2 aromatic carbocycles. The second kappa shape index (κ2) is 10.2. The van der Waals surface area contributed by atoms with Crippen LogP contribution in [0.15, 0.2) is 41.2 Å². The molecule has 216 valence electrons. The standard InChI is InChI=1S/C28H29B3F4N4O3/c1-25(2,37-23(40)26(11-12-26)27(33,34)35)10-9-16-5-3-7-19-17(16)15-42-14-13-38(19)22-21-18(32)6-4-8-20(21)39(24(41)36-22)28(29,30)31/h3-8H,11-15,29-31H2,1-2H3,(H,37,40). The molecule has 42 heavy (non-hydrogen) atoms. The molecular formula is C28H29B3F4N4O3. The Morgan fingerprint density at radius 3 is 2.45 bits per heavy atom. The minimum Gasteiger partial charge on any atom is -0.375 e. The molecule has 1 aliphatic carbocycles. The van der Waals surface area contributed by atoms with Crippen molar-refractivity contribution in [3.63, 3.8) is 0 Å². The van der Waals surface area contributed by atoms with Crippen molar-refractivity contribution < 1.29 is 27.1 Å². The number of nitrogens with zero attached hydrogens (tertiary/aromatic N) is 3. The lowest BCUT2D eigenvalue weighted by atomic mass is 9.49. The predicted molar refractivity (Wildman–Crippen MR) is 159 cm³/mol. The second-order valence-electron chi connectivity index (χ2n) is 12.3. The Hall–Kier alpha value is -3.72. The summed E-state index contributed by atoms with van der Waals surface area (Å²) in [6.45, 7) is 3.76. The normalized spacial score (nSPS) is 16.7. The van der Waals surface area contributed by atoms with Crippen LogP contribution < -0.4 is 15.9 Å². The number of hydrogen-bond acceptors (Lipinski definition) is 5. The highest BCUT2D eigenvalue weighted by Gasteiger charge is 2.68. The lowest BCUT2D eigenvalue weighted by molar-refractivity contribution is -0.192. The molecule has 7 nitrogen and oxygen atoms in total. The SMILES string of the molecule is BC(B)(B)n1c(=O)nc(N2CCOCc3c(C#CC(C)(C)NC(=O)C4(C(F)(F)F)CC4)cccc32)c2c(F)cccc21. The van der Waals surface area contributed by atoms with Gasteiger partial charge in [0.05, 0.1) is 29.7 Å². The van der Waals surface area contributed by atoms with Gasteiger partial charge in [-0.1, -0.05) is 24.0 Å². The van der Waals surface area contributed by atoms with Crippen molar-refractivity contribution in [2.24, 2.45) is 5.41 Å². The number of nitrogens with one attached hydrogen (secondary N) is 1. The van der Waals surface area contributed by atoms with Gasteiger partial charge in [0, 0.05) is 23.4 Å². The minimum atomic E-state index is -4.62. The van der Waals surface area contributed by atoms with E-state index in [-0.39, 0.29) is 43.8 Å². The van der Waals surface area contributed by atoms with E-state index in [0.29, 0.717) is 22.3 Å². The number of halogens is 4. The molecule has 0 saturated heterocycles. The van der Waals surface area contributed by atoms with Crippen LogP contribution in [0, 0.1) is 23.1 Å². The van der Waals surface area contributed by atoms with Gasteiger partial charge < -0.3 is 19.5 Å². The van der Waals surface area contributed by atoms with Crippen LogP contribution in [0.3, 0.4) is 0 Å². The van der Waals surface area contributed by atoms with E-state index >= 15 is 4.39 Å². The van der Waals surface area contributed by atoms with E-state index in [9.17, 15) is 22.8 Å². The smallest absolute Gasteiger partial charge is 0.375 e. The van der Waals surface area contributed by atoms with Crippen LogP contribution in [0.5, 0.6) is 0 Å². The number of aromatic nitrogens is 2. The van der Waals surface area contributed by atoms with E-state index in [1.165, 1.54) is 24.5 Å². The van der Waals surface area contributed by atoms with Gasteiger partial charge in [0.1, 0.15) is 34.8 Å². The summed E-state index contributed by atoms with van der Waals surface area (Å²) in [5.41, 5.74) is -1.95. The van der Waals surface area contributed by atoms with E-state index in [1.807, 2.05) is 23.5 Å². The van der Waals surface area contributed by atoms with Gasteiger partial charge in [-0.3, -0.25) is 4.79 Å². The van der Waals surface area contributed by atoms with Crippen molar-refractivity contribution in [3.8, 4) is 11.8 Å². The summed E-state index contributed by atoms with van der Waals surface area (Å²) in [6, 6.07) is 9.84. The van der Waals surface area contributed by atoms with Crippen LogP contribution in [0.2, 0.25) is 0 Å². The van der Waals surface area contributed by atoms with Gasteiger partial charge in [-0.2, -0.15) is 18.2 Å². The Bertz CT molecular complexity index is 1700. The molecule has 3 aromatic rings. The van der Waals surface area contributed by atoms with Crippen molar-refractivity contribution in [1.29, 1.82) is 0 Å². The molecular weight excluding hydrogens is 549 g/mol. The Morgan fingerprint density at radius 2 is 1.81 bits per heavy atom. The molecule has 5 rings (SSSR count). The first-order valence-electron chi connectivity index (χ1n) is 13.7. The number of hydrogen-bond donors (Lipinski definition) is 1. The van der Waals surface area contributed by atoms with Gasteiger partial charge in [0.2, 0.25) is 5.91 Å². The van der Waals surface area contributed by atoms with Crippen LogP contribution in [0.25, 0.3) is 10.9 Å². The second-order valence-corrected chi connectivity index (χ2v) is 12.3. The maximum absolute atomic E-state index is 15.4. The molecule has 0 atom stereocenters. The lowest BCUT2D eigenvalue weighted by Gasteiger charge is -2.29. The maximum atomic E-state index is 15.4. The van der Waals surface area contributed by atoms with Gasteiger partial charge in [-0.15, -0.1) is 0 Å². The number of amides is 1. The average molecular weight is 578 g/mol. The molecule has 2 aliphatic rings. The Kier molecular flexibility index (Phi) is 7.25. The predicted octanol–water partition coefficient (Wildman–Crippen LogP) is 1.26. The summed E-state index contributed by atoms with van der Waals surface area (Å²) in [6.07, 6.45) is -5.10. The summed E-state index contributed by atoms with van der Waals surface area (Å²) >= 11 is 0. The van der Waals surface area contributed by atoms with Crippen molar-refractivity contribution in [1.82, 2.24) is 14.9 Å². The lowest BCUT2D eigenvalue weighted by Crippen LogP contribution is -2.49. The summed E-state index contributed by atoms with van der Waals surface area (Å²) in [4.78, 5) is 31.9. The highest BCUT2D eigenvalue weighted by Crippen LogP contribution is 2.57. The highest BCUT2D eigenvalue weighted by atomic mass is 19.4. The molecule has 1 aromatic heterocycles. The molecule has 1 aliphatic heterocycles. The van der Waals surface area contributed by atoms with Gasteiger partial charge in [0.15, 0.2) is 5.82 Å². The zero-order valence-electron chi connectivity index (χ0n) is 24.1. The number of fused-ring (bicyclic) bond motifs is 2. The molecule has 0 radical (unpaired) electrons. The number of ether oxygens (including phenoxy) is 1. The van der Waals surface area contributed by atoms with Crippen molar-refractivity contribution in [2.45, 2.75) is 50.2 Å². The summed E-state index contributed by atoms with van der Waals surface area (Å²) in [5.74, 6) is 4.45. The first-order chi connectivity index (χ1) is 19.6. The molecule has 0 unspecified atom stereocenters. The van der Waals surface area contributed by atoms with E-state index in [4.69, 9.17) is 4.74 Å². The monoisotopic (exact) mass is 578 g/mol. The molecule has 0 bridgehead atoms. The Balaban J connectivity index is 1.57. The first kappa shape index (κ1) is 29.8. The van der Waals surface area contributed by atoms with Crippen LogP contribution in [-0.2, 0) is 21.4 Å². The number of alkyl halides is 3. The summed E-state index contributed by atoms with van der Waals surface area (Å²) in [7, 11) is 5.53. The number of anilines is 2. The van der Waals surface area contributed by atoms with Gasteiger partial charge >= 0.3 is 11.9 Å². The topological polar surface area (TPSA) is 76.5 Å². The fraction of sp³-hybridized carbons (Fsp3) is 0.393. The van der Waals surface area contributed by atoms with Crippen LogP contribution in [0.1, 0.15) is 37.8 Å². The zero-order chi connectivity index (χ0) is 30.7. The van der Waals surface area contributed by atoms with Crippen molar-refractivity contribution in [2.75, 3.05) is 18.1 Å². The maximum Gasteiger partial charge on any atom is 0.403 e.